The third-order valence-electron chi connectivity index (χ3n) is 5.30. The second kappa shape index (κ2) is 10.4. The molecule has 0 aliphatic heterocycles. The number of ether oxygens (including phenoxy) is 1. The zero-order valence-electron chi connectivity index (χ0n) is 18.7. The Hall–Kier alpha value is -2.56. The summed E-state index contributed by atoms with van der Waals surface area (Å²) >= 11 is 3.38. The Labute approximate surface area is 205 Å². The number of alkyl halides is 3. The third kappa shape index (κ3) is 6.11. The number of nitrogens with one attached hydrogen (secondary N) is 1. The molecule has 0 amide bonds. The van der Waals surface area contributed by atoms with Gasteiger partial charge in [-0.2, -0.15) is 17.5 Å². The molecule has 0 bridgehead atoms. The highest BCUT2D eigenvalue weighted by atomic mass is 79.9. The smallest absolute Gasteiger partial charge is 0.416 e. The monoisotopic (exact) mass is 556 g/mol. The Morgan fingerprint density at radius 1 is 1.06 bits per heavy atom. The predicted octanol–water partition coefficient (Wildman–Crippen LogP) is 6.47. The van der Waals surface area contributed by atoms with E-state index in [1.54, 1.807) is 50.4 Å². The fourth-order valence-electron chi connectivity index (χ4n) is 3.33. The normalized spacial score (nSPS) is 13.1. The van der Waals surface area contributed by atoms with Gasteiger partial charge in [-0.25, -0.2) is 8.42 Å². The molecular formula is C24H24BrF3N2O3S. The summed E-state index contributed by atoms with van der Waals surface area (Å²) in [5.41, 5.74) is 1.09. The number of benzene rings is 3. The molecule has 1 N–H and O–H groups in total. The van der Waals surface area contributed by atoms with Crippen molar-refractivity contribution in [1.29, 1.82) is 0 Å². The Bertz CT molecular complexity index is 1250. The van der Waals surface area contributed by atoms with Crippen molar-refractivity contribution in [2.45, 2.75) is 30.6 Å². The van der Waals surface area contributed by atoms with E-state index < -0.39 is 27.8 Å². The van der Waals surface area contributed by atoms with Crippen molar-refractivity contribution in [3.63, 3.8) is 0 Å². The van der Waals surface area contributed by atoms with Gasteiger partial charge in [0.1, 0.15) is 5.75 Å². The Morgan fingerprint density at radius 2 is 1.74 bits per heavy atom. The summed E-state index contributed by atoms with van der Waals surface area (Å²) in [6, 6.07) is 16.3. The summed E-state index contributed by atoms with van der Waals surface area (Å²) in [4.78, 5) is 0.0904. The molecule has 3 rings (SSSR count). The van der Waals surface area contributed by atoms with E-state index in [1.807, 2.05) is 0 Å². The molecule has 0 radical (unpaired) electrons. The molecule has 0 spiro atoms. The zero-order valence-corrected chi connectivity index (χ0v) is 21.1. The van der Waals surface area contributed by atoms with Crippen LogP contribution in [-0.2, 0) is 22.7 Å². The van der Waals surface area contributed by atoms with E-state index in [0.717, 1.165) is 17.7 Å². The molecular weight excluding hydrogens is 533 g/mol. The van der Waals surface area contributed by atoms with Crippen LogP contribution >= 0.6 is 15.9 Å². The van der Waals surface area contributed by atoms with Gasteiger partial charge in [-0.3, -0.25) is 0 Å². The molecule has 5 nitrogen and oxygen atoms in total. The highest BCUT2D eigenvalue weighted by Crippen LogP contribution is 2.33. The second-order valence-electron chi connectivity index (χ2n) is 7.74. The van der Waals surface area contributed by atoms with Gasteiger partial charge in [-0.15, -0.1) is 0 Å². The lowest BCUT2D eigenvalue weighted by Crippen LogP contribution is -2.26. The quantitative estimate of drug-likeness (QED) is 0.345. The van der Waals surface area contributed by atoms with Crippen LogP contribution in [0.3, 0.4) is 0 Å². The van der Waals surface area contributed by atoms with Gasteiger partial charge >= 0.3 is 6.18 Å². The van der Waals surface area contributed by atoms with Gasteiger partial charge in [0.25, 0.3) is 0 Å². The Kier molecular flexibility index (Phi) is 7.95. The first-order valence-corrected chi connectivity index (χ1v) is 12.5. The van der Waals surface area contributed by atoms with Gasteiger partial charge in [-0.05, 0) is 76.4 Å². The van der Waals surface area contributed by atoms with Gasteiger partial charge in [0, 0.05) is 29.8 Å². The maximum absolute atomic E-state index is 13.1. The first-order chi connectivity index (χ1) is 15.9. The number of rotatable bonds is 8. The molecule has 0 saturated carbocycles. The topological polar surface area (TPSA) is 58.6 Å². The predicted molar refractivity (Wildman–Crippen MR) is 129 cm³/mol. The van der Waals surface area contributed by atoms with Crippen LogP contribution in [-0.4, -0.2) is 26.9 Å². The summed E-state index contributed by atoms with van der Waals surface area (Å²) in [5, 5.41) is 3.13. The van der Waals surface area contributed by atoms with Crippen molar-refractivity contribution >= 4 is 31.6 Å². The fourth-order valence-corrected chi connectivity index (χ4v) is 5.16. The second-order valence-corrected chi connectivity index (χ2v) is 10.6. The van der Waals surface area contributed by atoms with Crippen LogP contribution in [0.2, 0.25) is 0 Å². The largest absolute Gasteiger partial charge is 0.497 e. The molecule has 1 unspecified atom stereocenters. The zero-order chi connectivity index (χ0) is 25.1. The molecule has 1 atom stereocenters. The first-order valence-electron chi connectivity index (χ1n) is 10.2. The van der Waals surface area contributed by atoms with E-state index >= 15 is 0 Å². The minimum absolute atomic E-state index is 0.0904. The van der Waals surface area contributed by atoms with E-state index in [2.05, 4.69) is 21.2 Å². The molecule has 0 saturated heterocycles. The fraction of sp³-hybridized carbons (Fsp3) is 0.250. The van der Waals surface area contributed by atoms with Crippen LogP contribution in [0.15, 0.2) is 76.1 Å². The number of nitrogens with zero attached hydrogens (tertiary/aromatic N) is 1. The molecule has 10 heteroatoms. The molecule has 182 valence electrons. The summed E-state index contributed by atoms with van der Waals surface area (Å²) in [5.74, 6) is 0.681. The lowest BCUT2D eigenvalue weighted by atomic mass is 10.0. The number of halogens is 4. The van der Waals surface area contributed by atoms with Crippen molar-refractivity contribution in [1.82, 2.24) is 4.31 Å². The van der Waals surface area contributed by atoms with Gasteiger partial charge in [0.05, 0.1) is 17.6 Å². The molecule has 0 aromatic heterocycles. The van der Waals surface area contributed by atoms with E-state index in [4.69, 9.17) is 4.74 Å². The van der Waals surface area contributed by atoms with Crippen LogP contribution in [0.25, 0.3) is 0 Å². The maximum atomic E-state index is 13.1. The summed E-state index contributed by atoms with van der Waals surface area (Å²) in [6.07, 6.45) is -4.43. The lowest BCUT2D eigenvalue weighted by molar-refractivity contribution is -0.137. The van der Waals surface area contributed by atoms with Crippen LogP contribution in [0.5, 0.6) is 5.75 Å². The van der Waals surface area contributed by atoms with Gasteiger partial charge in [0.15, 0.2) is 0 Å². The van der Waals surface area contributed by atoms with Crippen molar-refractivity contribution in [2.24, 2.45) is 0 Å². The van der Waals surface area contributed by atoms with Crippen LogP contribution in [0.4, 0.5) is 18.9 Å². The average molecular weight is 557 g/mol. The van der Waals surface area contributed by atoms with E-state index in [-0.39, 0.29) is 11.4 Å². The highest BCUT2D eigenvalue weighted by molar-refractivity contribution is 9.10. The Balaban J connectivity index is 1.75. The van der Waals surface area contributed by atoms with Crippen LogP contribution < -0.4 is 10.1 Å². The minimum atomic E-state index is -4.43. The molecule has 3 aromatic rings. The van der Waals surface area contributed by atoms with Gasteiger partial charge in [-0.1, -0.05) is 24.3 Å². The number of methoxy groups -OCH3 is 1. The number of hydrogen-bond donors (Lipinski definition) is 1. The van der Waals surface area contributed by atoms with Crippen LogP contribution in [0.1, 0.15) is 29.7 Å². The van der Waals surface area contributed by atoms with Crippen LogP contribution in [0, 0.1) is 0 Å². The van der Waals surface area contributed by atoms with E-state index in [0.29, 0.717) is 21.5 Å². The average Bonchev–Trinajstić information content (AvgIpc) is 2.80. The first kappa shape index (κ1) is 26.1. The third-order valence-corrected chi connectivity index (χ3v) is 7.75. The van der Waals surface area contributed by atoms with Gasteiger partial charge in [0.2, 0.25) is 10.0 Å². The van der Waals surface area contributed by atoms with Crippen molar-refractivity contribution in [3.8, 4) is 5.75 Å². The van der Waals surface area contributed by atoms with Crippen molar-refractivity contribution < 1.29 is 26.3 Å². The van der Waals surface area contributed by atoms with Gasteiger partial charge < -0.3 is 10.1 Å². The van der Waals surface area contributed by atoms with E-state index in [9.17, 15) is 21.6 Å². The molecule has 3 aromatic carbocycles. The molecule has 0 aliphatic carbocycles. The molecule has 0 heterocycles. The summed E-state index contributed by atoms with van der Waals surface area (Å²) in [6.45, 7) is 1.91. The standard InChI is InChI=1S/C24H24BrF3N2O3S/c1-16(18-5-4-6-19(13-18)24(26,27)28)29-23-12-11-21(14-22(23)25)34(31,32)30(2)15-17-7-9-20(33-3)10-8-17/h4-14,16,29H,15H2,1-3H3. The Morgan fingerprint density at radius 3 is 2.32 bits per heavy atom. The summed E-state index contributed by atoms with van der Waals surface area (Å²) in [7, 11) is -0.722. The van der Waals surface area contributed by atoms with Crippen molar-refractivity contribution in [3.05, 3.63) is 87.9 Å². The van der Waals surface area contributed by atoms with Crippen molar-refractivity contribution in [2.75, 3.05) is 19.5 Å². The number of hydrogen-bond acceptors (Lipinski definition) is 4. The number of sulfonamides is 1. The highest BCUT2D eigenvalue weighted by Gasteiger charge is 2.30. The minimum Gasteiger partial charge on any atom is -0.497 e. The number of anilines is 1. The lowest BCUT2D eigenvalue weighted by Gasteiger charge is -2.20. The molecule has 0 fully saturated rings. The van der Waals surface area contributed by atoms with E-state index in [1.165, 1.54) is 29.6 Å². The summed E-state index contributed by atoms with van der Waals surface area (Å²) < 4.78 is 72.0. The molecule has 34 heavy (non-hydrogen) atoms. The maximum Gasteiger partial charge on any atom is 0.416 e. The molecule has 0 aliphatic rings. The SMILES string of the molecule is COc1ccc(CN(C)S(=O)(=O)c2ccc(NC(C)c3cccc(C(F)(F)F)c3)c(Br)c2)cc1.